The van der Waals surface area contributed by atoms with Crippen LogP contribution in [0, 0.1) is 0 Å². The highest BCUT2D eigenvalue weighted by molar-refractivity contribution is 6.33. The number of rotatable bonds is 3. The zero-order valence-corrected chi connectivity index (χ0v) is 8.08. The van der Waals surface area contributed by atoms with Crippen LogP contribution in [-0.4, -0.2) is 18.8 Å². The highest BCUT2D eigenvalue weighted by Crippen LogP contribution is 2.28. The monoisotopic (exact) mass is 198 g/mol. The van der Waals surface area contributed by atoms with E-state index in [0.29, 0.717) is 10.8 Å². The van der Waals surface area contributed by atoms with E-state index in [1.807, 2.05) is 12.1 Å². The smallest absolute Gasteiger partial charge is 0.138 e. The highest BCUT2D eigenvalue weighted by Gasteiger charge is 2.02. The molecule has 0 spiro atoms. The number of benzene rings is 1. The molecule has 0 fully saturated rings. The van der Waals surface area contributed by atoms with Crippen molar-refractivity contribution in [1.82, 2.24) is 0 Å². The molecule has 0 saturated carbocycles. The molecule has 2 nitrogen and oxygen atoms in total. The minimum absolute atomic E-state index is 0.00748. The molecule has 1 N–H and O–H groups in total. The van der Waals surface area contributed by atoms with Crippen LogP contribution in [0.2, 0.25) is 5.02 Å². The largest absolute Gasteiger partial charge is 0.495 e. The molecule has 0 aliphatic carbocycles. The fourth-order valence-corrected chi connectivity index (χ4v) is 1.26. The van der Waals surface area contributed by atoms with E-state index in [1.54, 1.807) is 25.3 Å². The minimum atomic E-state index is 0.00748. The van der Waals surface area contributed by atoms with Crippen LogP contribution in [-0.2, 0) is 0 Å². The normalized spacial score (nSPS) is 10.7. The van der Waals surface area contributed by atoms with Gasteiger partial charge in [0.15, 0.2) is 0 Å². The molecule has 1 rings (SSSR count). The van der Waals surface area contributed by atoms with Gasteiger partial charge in [-0.1, -0.05) is 35.9 Å². The van der Waals surface area contributed by atoms with E-state index in [2.05, 4.69) is 0 Å². The summed E-state index contributed by atoms with van der Waals surface area (Å²) in [4.78, 5) is 0. The van der Waals surface area contributed by atoms with E-state index < -0.39 is 0 Å². The van der Waals surface area contributed by atoms with Gasteiger partial charge in [-0.15, -0.1) is 0 Å². The van der Waals surface area contributed by atoms with Gasteiger partial charge in [0.1, 0.15) is 5.75 Å². The average molecular weight is 199 g/mol. The summed E-state index contributed by atoms with van der Waals surface area (Å²) >= 11 is 5.99. The number of hydrogen-bond acceptors (Lipinski definition) is 2. The Morgan fingerprint density at radius 3 is 2.92 bits per heavy atom. The van der Waals surface area contributed by atoms with Crippen LogP contribution < -0.4 is 4.74 Å². The number of aliphatic hydroxyl groups excluding tert-OH is 1. The summed E-state index contributed by atoms with van der Waals surface area (Å²) in [6.45, 7) is 0.00748. The molecule has 0 aromatic heterocycles. The molecular formula is C10H11ClO2. The van der Waals surface area contributed by atoms with Crippen LogP contribution in [0.4, 0.5) is 0 Å². The Morgan fingerprint density at radius 1 is 1.54 bits per heavy atom. The molecule has 0 bridgehead atoms. The summed E-state index contributed by atoms with van der Waals surface area (Å²) in [6, 6.07) is 5.50. The first-order valence-electron chi connectivity index (χ1n) is 3.89. The number of aliphatic hydroxyl groups is 1. The molecule has 3 heteroatoms. The maximum Gasteiger partial charge on any atom is 0.138 e. The second kappa shape index (κ2) is 4.90. The van der Waals surface area contributed by atoms with Crippen molar-refractivity contribution in [3.8, 4) is 5.75 Å². The van der Waals surface area contributed by atoms with Crippen LogP contribution in [0.15, 0.2) is 24.3 Å². The molecule has 13 heavy (non-hydrogen) atoms. The molecule has 0 aliphatic rings. The summed E-state index contributed by atoms with van der Waals surface area (Å²) in [5.41, 5.74) is 0.843. The van der Waals surface area contributed by atoms with Gasteiger partial charge in [0.05, 0.1) is 18.7 Å². The first kappa shape index (κ1) is 10.1. The Hall–Kier alpha value is -0.990. The van der Waals surface area contributed by atoms with Crippen LogP contribution in [0.3, 0.4) is 0 Å². The van der Waals surface area contributed by atoms with Crippen molar-refractivity contribution in [1.29, 1.82) is 0 Å². The Morgan fingerprint density at radius 2 is 2.31 bits per heavy atom. The second-order valence-electron chi connectivity index (χ2n) is 2.45. The summed E-state index contributed by atoms with van der Waals surface area (Å²) in [5, 5.41) is 9.15. The molecule has 0 atom stereocenters. The van der Waals surface area contributed by atoms with Gasteiger partial charge in [-0.25, -0.2) is 0 Å². The third-order valence-corrected chi connectivity index (χ3v) is 2.02. The van der Waals surface area contributed by atoms with E-state index >= 15 is 0 Å². The lowest BCUT2D eigenvalue weighted by Gasteiger charge is -2.04. The maximum atomic E-state index is 8.58. The summed E-state index contributed by atoms with van der Waals surface area (Å²) in [7, 11) is 1.57. The number of methoxy groups -OCH3 is 1. The second-order valence-corrected chi connectivity index (χ2v) is 2.83. The Labute approximate surface area is 82.4 Å². The van der Waals surface area contributed by atoms with E-state index in [4.69, 9.17) is 21.4 Å². The molecule has 1 aromatic carbocycles. The first-order valence-corrected chi connectivity index (χ1v) is 4.27. The molecule has 0 radical (unpaired) electrons. The molecule has 0 saturated heterocycles. The van der Waals surface area contributed by atoms with Crippen molar-refractivity contribution < 1.29 is 9.84 Å². The molecule has 0 heterocycles. The molecule has 0 amide bonds. The number of ether oxygens (including phenoxy) is 1. The lowest BCUT2D eigenvalue weighted by Crippen LogP contribution is -1.85. The van der Waals surface area contributed by atoms with Gasteiger partial charge in [-0.2, -0.15) is 0 Å². The third-order valence-electron chi connectivity index (χ3n) is 1.62. The maximum absolute atomic E-state index is 8.58. The summed E-state index contributed by atoms with van der Waals surface area (Å²) < 4.78 is 5.04. The Kier molecular flexibility index (Phi) is 3.80. The van der Waals surface area contributed by atoms with E-state index in [1.165, 1.54) is 0 Å². The average Bonchev–Trinajstić information content (AvgIpc) is 2.16. The number of hydrogen-bond donors (Lipinski definition) is 1. The molecule has 0 aliphatic heterocycles. The van der Waals surface area contributed by atoms with Crippen LogP contribution in [0.25, 0.3) is 6.08 Å². The van der Waals surface area contributed by atoms with Gasteiger partial charge >= 0.3 is 0 Å². The van der Waals surface area contributed by atoms with Crippen molar-refractivity contribution >= 4 is 17.7 Å². The Balaban J connectivity index is 3.01. The summed E-state index contributed by atoms with van der Waals surface area (Å²) in [6.07, 6.45) is 3.38. The molecule has 0 unspecified atom stereocenters. The molecular weight excluding hydrogens is 188 g/mol. The SMILES string of the molecule is COc1cccc(C=CCO)c1Cl. The summed E-state index contributed by atoms with van der Waals surface area (Å²) in [5.74, 6) is 0.641. The predicted molar refractivity (Wildman–Crippen MR) is 54.1 cm³/mol. The minimum Gasteiger partial charge on any atom is -0.495 e. The lowest BCUT2D eigenvalue weighted by molar-refractivity contribution is 0.343. The lowest BCUT2D eigenvalue weighted by atomic mass is 10.2. The van der Waals surface area contributed by atoms with Crippen LogP contribution in [0.5, 0.6) is 5.75 Å². The standard InChI is InChI=1S/C10H11ClO2/c1-13-9-6-2-4-8(10(9)11)5-3-7-12/h2-6,12H,7H2,1H3. The fraction of sp³-hybridized carbons (Fsp3) is 0.200. The third kappa shape index (κ3) is 2.47. The topological polar surface area (TPSA) is 29.5 Å². The molecule has 70 valence electrons. The van der Waals surface area contributed by atoms with Crippen LogP contribution >= 0.6 is 11.6 Å². The van der Waals surface area contributed by atoms with Crippen molar-refractivity contribution in [2.75, 3.05) is 13.7 Å². The van der Waals surface area contributed by atoms with E-state index in [-0.39, 0.29) is 6.61 Å². The van der Waals surface area contributed by atoms with Crippen molar-refractivity contribution in [2.24, 2.45) is 0 Å². The quantitative estimate of drug-likeness (QED) is 0.808. The van der Waals surface area contributed by atoms with E-state index in [0.717, 1.165) is 5.56 Å². The van der Waals surface area contributed by atoms with Gasteiger partial charge in [-0.3, -0.25) is 0 Å². The van der Waals surface area contributed by atoms with Gasteiger partial charge in [-0.05, 0) is 11.6 Å². The highest BCUT2D eigenvalue weighted by atomic mass is 35.5. The van der Waals surface area contributed by atoms with Gasteiger partial charge in [0.2, 0.25) is 0 Å². The first-order chi connectivity index (χ1) is 6.29. The van der Waals surface area contributed by atoms with Crippen molar-refractivity contribution in [3.63, 3.8) is 0 Å². The molecule has 1 aromatic rings. The van der Waals surface area contributed by atoms with E-state index in [9.17, 15) is 0 Å². The zero-order valence-electron chi connectivity index (χ0n) is 7.33. The Bertz CT molecular complexity index is 308. The van der Waals surface area contributed by atoms with Crippen molar-refractivity contribution in [2.45, 2.75) is 0 Å². The fourth-order valence-electron chi connectivity index (χ4n) is 0.994. The van der Waals surface area contributed by atoms with Gasteiger partial charge < -0.3 is 9.84 Å². The van der Waals surface area contributed by atoms with Gasteiger partial charge in [0, 0.05) is 0 Å². The van der Waals surface area contributed by atoms with Crippen molar-refractivity contribution in [3.05, 3.63) is 34.9 Å². The van der Waals surface area contributed by atoms with Gasteiger partial charge in [0.25, 0.3) is 0 Å². The number of halogens is 1. The zero-order chi connectivity index (χ0) is 9.68. The van der Waals surface area contributed by atoms with Crippen LogP contribution in [0.1, 0.15) is 5.56 Å². The predicted octanol–water partition coefficient (Wildman–Crippen LogP) is 2.35.